The van der Waals surface area contributed by atoms with E-state index < -0.39 is 11.9 Å². The lowest BCUT2D eigenvalue weighted by Gasteiger charge is -2.13. The van der Waals surface area contributed by atoms with Crippen molar-refractivity contribution in [1.29, 1.82) is 0 Å². The lowest BCUT2D eigenvalue weighted by atomic mass is 10.3. The highest BCUT2D eigenvalue weighted by molar-refractivity contribution is 6.33. The van der Waals surface area contributed by atoms with Crippen LogP contribution in [0.15, 0.2) is 41.0 Å². The molecule has 20 heavy (non-hydrogen) atoms. The Morgan fingerprint density at radius 2 is 2.25 bits per heavy atom. The van der Waals surface area contributed by atoms with Gasteiger partial charge >= 0.3 is 0 Å². The molecular formula is C14H15ClFNO3. The maximum absolute atomic E-state index is 12.9. The summed E-state index contributed by atoms with van der Waals surface area (Å²) >= 11 is 5.86. The van der Waals surface area contributed by atoms with Gasteiger partial charge in [-0.25, -0.2) is 4.39 Å². The molecule has 0 aliphatic rings. The van der Waals surface area contributed by atoms with E-state index in [4.69, 9.17) is 20.8 Å². The first kappa shape index (κ1) is 14.8. The van der Waals surface area contributed by atoms with E-state index in [2.05, 4.69) is 5.32 Å². The second-order valence-electron chi connectivity index (χ2n) is 4.25. The minimum atomic E-state index is -0.703. The summed E-state index contributed by atoms with van der Waals surface area (Å²) in [7, 11) is 0. The van der Waals surface area contributed by atoms with Gasteiger partial charge < -0.3 is 19.6 Å². The van der Waals surface area contributed by atoms with E-state index in [9.17, 15) is 9.50 Å². The van der Waals surface area contributed by atoms with Crippen molar-refractivity contribution in [2.75, 3.05) is 18.5 Å². The predicted molar refractivity (Wildman–Crippen MR) is 74.3 cm³/mol. The number of aliphatic hydroxyl groups excluding tert-OH is 1. The van der Waals surface area contributed by atoms with Gasteiger partial charge in [0.05, 0.1) is 29.7 Å². The number of furan rings is 1. The zero-order chi connectivity index (χ0) is 14.4. The summed E-state index contributed by atoms with van der Waals surface area (Å²) in [6.07, 6.45) is 0.860. The molecule has 1 atom stereocenters. The molecule has 0 spiro atoms. The van der Waals surface area contributed by atoms with Crippen LogP contribution in [0.1, 0.15) is 5.76 Å². The Kier molecular flexibility index (Phi) is 5.40. The number of aliphatic hydroxyl groups is 1. The van der Waals surface area contributed by atoms with Crippen molar-refractivity contribution in [3.05, 3.63) is 53.2 Å². The number of nitrogens with one attached hydrogen (secondary N) is 1. The average Bonchev–Trinajstić information content (AvgIpc) is 2.91. The third-order valence-corrected chi connectivity index (χ3v) is 2.91. The molecule has 0 saturated carbocycles. The van der Waals surface area contributed by atoms with Crippen molar-refractivity contribution in [3.8, 4) is 0 Å². The number of rotatable bonds is 7. The first-order valence-electron chi connectivity index (χ1n) is 6.12. The summed E-state index contributed by atoms with van der Waals surface area (Å²) in [4.78, 5) is 0. The summed E-state index contributed by atoms with van der Waals surface area (Å²) in [6, 6.07) is 7.60. The molecule has 0 amide bonds. The van der Waals surface area contributed by atoms with Crippen LogP contribution in [0, 0.1) is 5.82 Å². The Balaban J connectivity index is 1.70. The first-order chi connectivity index (χ1) is 9.65. The topological polar surface area (TPSA) is 54.6 Å². The van der Waals surface area contributed by atoms with E-state index in [-0.39, 0.29) is 18.2 Å². The third kappa shape index (κ3) is 4.52. The quantitative estimate of drug-likeness (QED) is 0.825. The van der Waals surface area contributed by atoms with E-state index in [1.807, 2.05) is 0 Å². The molecule has 108 valence electrons. The van der Waals surface area contributed by atoms with Gasteiger partial charge in [-0.3, -0.25) is 0 Å². The zero-order valence-corrected chi connectivity index (χ0v) is 11.4. The van der Waals surface area contributed by atoms with E-state index in [0.717, 1.165) is 0 Å². The van der Waals surface area contributed by atoms with Crippen LogP contribution in [0.25, 0.3) is 0 Å². The lowest BCUT2D eigenvalue weighted by molar-refractivity contribution is 0.0282. The monoisotopic (exact) mass is 299 g/mol. The van der Waals surface area contributed by atoms with Crippen LogP contribution in [0.2, 0.25) is 5.02 Å². The fourth-order valence-electron chi connectivity index (χ4n) is 1.61. The molecule has 0 radical (unpaired) electrons. The molecule has 0 aliphatic heterocycles. The summed E-state index contributed by atoms with van der Waals surface area (Å²) < 4.78 is 23.3. The van der Waals surface area contributed by atoms with Crippen LogP contribution >= 0.6 is 11.6 Å². The Labute approximate surface area is 121 Å². The van der Waals surface area contributed by atoms with E-state index in [1.165, 1.54) is 18.2 Å². The highest BCUT2D eigenvalue weighted by atomic mass is 35.5. The molecule has 1 heterocycles. The minimum absolute atomic E-state index is 0.159. The molecule has 1 aromatic carbocycles. The van der Waals surface area contributed by atoms with Gasteiger partial charge in [0.15, 0.2) is 0 Å². The molecule has 6 heteroatoms. The lowest BCUT2D eigenvalue weighted by Crippen LogP contribution is -2.24. The maximum atomic E-state index is 12.9. The van der Waals surface area contributed by atoms with Crippen molar-refractivity contribution in [3.63, 3.8) is 0 Å². The van der Waals surface area contributed by atoms with Crippen molar-refractivity contribution >= 4 is 17.3 Å². The van der Waals surface area contributed by atoms with Gasteiger partial charge in [0, 0.05) is 6.54 Å². The van der Waals surface area contributed by atoms with Crippen LogP contribution in [0.3, 0.4) is 0 Å². The fourth-order valence-corrected chi connectivity index (χ4v) is 1.84. The molecule has 2 aromatic rings. The van der Waals surface area contributed by atoms with Gasteiger partial charge in [-0.15, -0.1) is 0 Å². The van der Waals surface area contributed by atoms with Gasteiger partial charge in [-0.05, 0) is 30.3 Å². The second-order valence-corrected chi connectivity index (χ2v) is 4.66. The standard InChI is InChI=1S/C14H15ClFNO3/c15-13-6-10(16)3-4-14(13)17-7-11(18)8-19-9-12-2-1-5-20-12/h1-6,11,17-18H,7-9H2. The fraction of sp³-hybridized carbons (Fsp3) is 0.286. The molecule has 2 rings (SSSR count). The van der Waals surface area contributed by atoms with Crippen LogP contribution in [0.4, 0.5) is 10.1 Å². The first-order valence-corrected chi connectivity index (χ1v) is 6.50. The van der Waals surface area contributed by atoms with Gasteiger partial charge in [0.1, 0.15) is 18.2 Å². The number of ether oxygens (including phenoxy) is 1. The third-order valence-electron chi connectivity index (χ3n) is 2.59. The zero-order valence-electron chi connectivity index (χ0n) is 10.7. The van der Waals surface area contributed by atoms with Gasteiger partial charge in [-0.1, -0.05) is 11.6 Å². The summed E-state index contributed by atoms with van der Waals surface area (Å²) in [6.45, 7) is 0.720. The van der Waals surface area contributed by atoms with Gasteiger partial charge in [-0.2, -0.15) is 0 Å². The molecule has 1 unspecified atom stereocenters. The molecular weight excluding hydrogens is 285 g/mol. The highest BCUT2D eigenvalue weighted by Crippen LogP contribution is 2.22. The van der Waals surface area contributed by atoms with E-state index in [0.29, 0.717) is 18.1 Å². The number of halogens is 2. The maximum Gasteiger partial charge on any atom is 0.129 e. The molecule has 0 bridgehead atoms. The Bertz CT molecular complexity index is 533. The molecule has 2 N–H and O–H groups in total. The van der Waals surface area contributed by atoms with Crippen LogP contribution in [-0.2, 0) is 11.3 Å². The highest BCUT2D eigenvalue weighted by Gasteiger charge is 2.07. The summed E-state index contributed by atoms with van der Waals surface area (Å²) in [5, 5.41) is 13.0. The predicted octanol–water partition coefficient (Wildman–Crippen LogP) is 3.06. The van der Waals surface area contributed by atoms with Crippen molar-refractivity contribution in [2.24, 2.45) is 0 Å². The van der Waals surface area contributed by atoms with Crippen LogP contribution in [0.5, 0.6) is 0 Å². The number of benzene rings is 1. The average molecular weight is 300 g/mol. The minimum Gasteiger partial charge on any atom is -0.467 e. The number of anilines is 1. The van der Waals surface area contributed by atoms with Crippen molar-refractivity contribution < 1.29 is 18.7 Å². The van der Waals surface area contributed by atoms with E-state index in [1.54, 1.807) is 18.4 Å². The summed E-state index contributed by atoms with van der Waals surface area (Å²) in [5.74, 6) is 0.301. The van der Waals surface area contributed by atoms with Crippen molar-refractivity contribution in [1.82, 2.24) is 0 Å². The SMILES string of the molecule is OC(CNc1ccc(F)cc1Cl)COCc1ccco1. The van der Waals surface area contributed by atoms with Gasteiger partial charge in [0.25, 0.3) is 0 Å². The Morgan fingerprint density at radius 3 is 2.95 bits per heavy atom. The molecule has 1 aromatic heterocycles. The summed E-state index contributed by atoms with van der Waals surface area (Å²) in [5.41, 5.74) is 0.568. The van der Waals surface area contributed by atoms with Crippen LogP contribution < -0.4 is 5.32 Å². The Morgan fingerprint density at radius 1 is 1.40 bits per heavy atom. The smallest absolute Gasteiger partial charge is 0.129 e. The second kappa shape index (κ2) is 7.28. The normalized spacial score (nSPS) is 12.3. The van der Waals surface area contributed by atoms with Crippen LogP contribution in [-0.4, -0.2) is 24.4 Å². The van der Waals surface area contributed by atoms with Gasteiger partial charge in [0.2, 0.25) is 0 Å². The largest absolute Gasteiger partial charge is 0.467 e. The number of hydrogen-bond acceptors (Lipinski definition) is 4. The number of hydrogen-bond donors (Lipinski definition) is 2. The van der Waals surface area contributed by atoms with Crippen molar-refractivity contribution in [2.45, 2.75) is 12.7 Å². The molecule has 0 fully saturated rings. The molecule has 0 aliphatic carbocycles. The Hall–Kier alpha value is -1.56. The van der Waals surface area contributed by atoms with E-state index >= 15 is 0 Å². The molecule has 4 nitrogen and oxygen atoms in total. The molecule has 0 saturated heterocycles.